The summed E-state index contributed by atoms with van der Waals surface area (Å²) in [5, 5.41) is 15.5. The smallest absolute Gasteiger partial charge is 0.267 e. The summed E-state index contributed by atoms with van der Waals surface area (Å²) in [4.78, 5) is 14.7. The number of nitrogens with zero attached hydrogens (tertiary/aromatic N) is 1. The summed E-state index contributed by atoms with van der Waals surface area (Å²) < 4.78 is 0. The van der Waals surface area contributed by atoms with E-state index in [1.165, 1.54) is 11.8 Å². The van der Waals surface area contributed by atoms with E-state index in [2.05, 4.69) is 22.8 Å². The van der Waals surface area contributed by atoms with Crippen molar-refractivity contribution in [2.75, 3.05) is 10.6 Å². The van der Waals surface area contributed by atoms with E-state index in [0.717, 1.165) is 26.6 Å². The predicted molar refractivity (Wildman–Crippen MR) is 124 cm³/mol. The van der Waals surface area contributed by atoms with Crippen LogP contribution in [0.4, 0.5) is 11.4 Å². The van der Waals surface area contributed by atoms with E-state index >= 15 is 0 Å². The van der Waals surface area contributed by atoms with Gasteiger partial charge in [-0.05, 0) is 56.2 Å². The van der Waals surface area contributed by atoms with E-state index < -0.39 is 5.91 Å². The zero-order valence-corrected chi connectivity index (χ0v) is 18.0. The number of carbonyl (C=O) groups excluding carboxylic acids is 1. The third-order valence-corrected chi connectivity index (χ3v) is 5.59. The number of aryl methyl sites for hydroxylation is 3. The van der Waals surface area contributed by atoms with Crippen LogP contribution in [-0.2, 0) is 4.79 Å². The molecule has 0 aliphatic rings. The monoisotopic (exact) mass is 413 g/mol. The number of hydrogen-bond acceptors (Lipinski definition) is 4. The van der Waals surface area contributed by atoms with Crippen molar-refractivity contribution in [3.63, 3.8) is 0 Å². The Bertz CT molecular complexity index is 1110. The molecule has 2 N–H and O–H groups in total. The number of hydrogen-bond donors (Lipinski definition) is 2. The molecule has 30 heavy (non-hydrogen) atoms. The SMILES string of the molecule is Cc1cc(C)c(N/C=C(/C#N)C(=O)Nc2ccccc2Sc2ccccc2)c(C)c1. The minimum Gasteiger partial charge on any atom is -0.360 e. The maximum absolute atomic E-state index is 12.7. The van der Waals surface area contributed by atoms with Gasteiger partial charge in [0.05, 0.1) is 5.69 Å². The molecule has 0 saturated heterocycles. The number of para-hydroxylation sites is 1. The Morgan fingerprint density at radius 3 is 2.27 bits per heavy atom. The second kappa shape index (κ2) is 9.82. The van der Waals surface area contributed by atoms with Gasteiger partial charge in [-0.3, -0.25) is 4.79 Å². The predicted octanol–water partition coefficient (Wildman–Crippen LogP) is 6.22. The molecule has 0 aliphatic heterocycles. The van der Waals surface area contributed by atoms with Crippen molar-refractivity contribution in [1.82, 2.24) is 0 Å². The molecule has 0 saturated carbocycles. The van der Waals surface area contributed by atoms with Crippen LogP contribution >= 0.6 is 11.8 Å². The first-order chi connectivity index (χ1) is 14.5. The lowest BCUT2D eigenvalue weighted by molar-refractivity contribution is -0.112. The maximum Gasteiger partial charge on any atom is 0.267 e. The highest BCUT2D eigenvalue weighted by Gasteiger charge is 2.13. The normalized spacial score (nSPS) is 10.9. The number of rotatable bonds is 6. The van der Waals surface area contributed by atoms with E-state index in [0.29, 0.717) is 5.69 Å². The number of amides is 1. The van der Waals surface area contributed by atoms with Crippen molar-refractivity contribution >= 4 is 29.0 Å². The van der Waals surface area contributed by atoms with E-state index in [1.807, 2.05) is 81.4 Å². The van der Waals surface area contributed by atoms with Gasteiger partial charge in [-0.25, -0.2) is 0 Å². The quantitative estimate of drug-likeness (QED) is 0.372. The van der Waals surface area contributed by atoms with Gasteiger partial charge in [0.2, 0.25) is 0 Å². The van der Waals surface area contributed by atoms with Gasteiger partial charge in [-0.15, -0.1) is 0 Å². The van der Waals surface area contributed by atoms with Crippen LogP contribution in [0.5, 0.6) is 0 Å². The second-order valence-corrected chi connectivity index (χ2v) is 8.07. The van der Waals surface area contributed by atoms with Crippen LogP contribution in [0.15, 0.2) is 88.3 Å². The van der Waals surface area contributed by atoms with Crippen LogP contribution in [0.3, 0.4) is 0 Å². The van der Waals surface area contributed by atoms with Gasteiger partial charge >= 0.3 is 0 Å². The number of nitriles is 1. The summed E-state index contributed by atoms with van der Waals surface area (Å²) in [6.45, 7) is 6.04. The fraction of sp³-hybridized carbons (Fsp3) is 0.120. The Morgan fingerprint density at radius 1 is 0.967 bits per heavy atom. The molecule has 5 heteroatoms. The molecule has 1 amide bonds. The lowest BCUT2D eigenvalue weighted by atomic mass is 10.1. The summed E-state index contributed by atoms with van der Waals surface area (Å²) in [6.07, 6.45) is 1.47. The first kappa shape index (κ1) is 21.2. The molecule has 0 unspecified atom stereocenters. The van der Waals surface area contributed by atoms with Crippen LogP contribution < -0.4 is 10.6 Å². The van der Waals surface area contributed by atoms with Crippen LogP contribution in [0, 0.1) is 32.1 Å². The van der Waals surface area contributed by atoms with Crippen LogP contribution in [-0.4, -0.2) is 5.91 Å². The molecular weight excluding hydrogens is 390 g/mol. The lowest BCUT2D eigenvalue weighted by Crippen LogP contribution is -2.15. The molecule has 3 rings (SSSR count). The fourth-order valence-corrected chi connectivity index (χ4v) is 4.09. The summed E-state index contributed by atoms with van der Waals surface area (Å²) in [5.41, 5.74) is 4.87. The minimum absolute atomic E-state index is 0.00823. The highest BCUT2D eigenvalue weighted by molar-refractivity contribution is 7.99. The van der Waals surface area contributed by atoms with Crippen molar-refractivity contribution in [2.24, 2.45) is 0 Å². The van der Waals surface area contributed by atoms with Crippen molar-refractivity contribution in [3.05, 3.63) is 95.2 Å². The van der Waals surface area contributed by atoms with E-state index in [9.17, 15) is 10.1 Å². The van der Waals surface area contributed by atoms with Crippen LogP contribution in [0.1, 0.15) is 16.7 Å². The number of benzene rings is 3. The Labute approximate surface area is 181 Å². The molecule has 3 aromatic carbocycles. The topological polar surface area (TPSA) is 64.9 Å². The lowest BCUT2D eigenvalue weighted by Gasteiger charge is -2.12. The van der Waals surface area contributed by atoms with E-state index in [-0.39, 0.29) is 5.57 Å². The van der Waals surface area contributed by atoms with Gasteiger partial charge in [0.15, 0.2) is 0 Å². The third kappa shape index (κ3) is 5.31. The second-order valence-electron chi connectivity index (χ2n) is 6.95. The molecule has 3 aromatic rings. The van der Waals surface area contributed by atoms with Crippen molar-refractivity contribution in [1.29, 1.82) is 5.26 Å². The molecule has 0 spiro atoms. The largest absolute Gasteiger partial charge is 0.360 e. The number of nitrogens with one attached hydrogen (secondary N) is 2. The molecule has 0 fully saturated rings. The molecule has 0 heterocycles. The van der Waals surface area contributed by atoms with E-state index in [1.54, 1.807) is 11.8 Å². The Kier molecular flexibility index (Phi) is 6.95. The third-order valence-electron chi connectivity index (χ3n) is 4.51. The highest BCUT2D eigenvalue weighted by Crippen LogP contribution is 2.33. The molecule has 150 valence electrons. The zero-order valence-electron chi connectivity index (χ0n) is 17.2. The summed E-state index contributed by atoms with van der Waals surface area (Å²) >= 11 is 1.56. The van der Waals surface area contributed by atoms with Gasteiger partial charge in [-0.1, -0.05) is 59.8 Å². The van der Waals surface area contributed by atoms with Crippen molar-refractivity contribution in [3.8, 4) is 6.07 Å². The van der Waals surface area contributed by atoms with Crippen LogP contribution in [0.25, 0.3) is 0 Å². The van der Waals surface area contributed by atoms with Gasteiger partial charge in [0.1, 0.15) is 11.6 Å². The first-order valence-electron chi connectivity index (χ1n) is 9.56. The van der Waals surface area contributed by atoms with E-state index in [4.69, 9.17) is 0 Å². The zero-order chi connectivity index (χ0) is 21.5. The minimum atomic E-state index is -0.450. The first-order valence-corrected chi connectivity index (χ1v) is 10.4. The molecule has 0 bridgehead atoms. The maximum atomic E-state index is 12.7. The molecule has 4 nitrogen and oxygen atoms in total. The number of carbonyl (C=O) groups is 1. The van der Waals surface area contributed by atoms with Crippen molar-refractivity contribution in [2.45, 2.75) is 30.6 Å². The van der Waals surface area contributed by atoms with Crippen molar-refractivity contribution < 1.29 is 4.79 Å². The van der Waals surface area contributed by atoms with Gasteiger partial charge in [0.25, 0.3) is 5.91 Å². The molecule has 0 atom stereocenters. The summed E-state index contributed by atoms with van der Waals surface area (Å²) in [7, 11) is 0. The standard InChI is InChI=1S/C25H23N3OS/c1-17-13-18(2)24(19(3)14-17)27-16-20(15-26)25(29)28-22-11-7-8-12-23(22)30-21-9-5-4-6-10-21/h4-14,16,27H,1-3H3,(H,28,29)/b20-16-. The van der Waals surface area contributed by atoms with Gasteiger partial charge in [0, 0.05) is 21.7 Å². The fourth-order valence-electron chi connectivity index (χ4n) is 3.16. The Balaban J connectivity index is 1.78. The van der Waals surface area contributed by atoms with Gasteiger partial charge < -0.3 is 10.6 Å². The number of anilines is 2. The average Bonchev–Trinajstić information content (AvgIpc) is 2.72. The molecular formula is C25H23N3OS. The highest BCUT2D eigenvalue weighted by atomic mass is 32.2. The Morgan fingerprint density at radius 2 is 1.60 bits per heavy atom. The van der Waals surface area contributed by atoms with Crippen LogP contribution in [0.2, 0.25) is 0 Å². The summed E-state index contributed by atoms with van der Waals surface area (Å²) in [6, 6.07) is 23.6. The molecule has 0 radical (unpaired) electrons. The average molecular weight is 414 g/mol. The Hall–Kier alpha value is -3.49. The van der Waals surface area contributed by atoms with Gasteiger partial charge in [-0.2, -0.15) is 5.26 Å². The molecule has 0 aliphatic carbocycles. The summed E-state index contributed by atoms with van der Waals surface area (Å²) in [5.74, 6) is -0.450. The molecule has 0 aromatic heterocycles.